The van der Waals surface area contributed by atoms with Gasteiger partial charge in [0.05, 0.1) is 11.3 Å². The fourth-order valence-electron chi connectivity index (χ4n) is 2.18. The number of Topliss-reactive ketones (excluding diaryl/α,β-unsaturated/α-hetero) is 1. The van der Waals surface area contributed by atoms with Crippen LogP contribution in [0.3, 0.4) is 0 Å². The van der Waals surface area contributed by atoms with Crippen LogP contribution in [0.25, 0.3) is 5.78 Å². The summed E-state index contributed by atoms with van der Waals surface area (Å²) < 4.78 is 1.59. The topological polar surface area (TPSA) is 60.1 Å². The molecule has 1 atom stereocenters. The van der Waals surface area contributed by atoms with Gasteiger partial charge in [-0.2, -0.15) is 10.1 Å². The Kier molecular flexibility index (Phi) is 1.83. The molecular weight excluding hydrogens is 204 g/mol. The lowest BCUT2D eigenvalue weighted by Gasteiger charge is -2.18. The van der Waals surface area contributed by atoms with Gasteiger partial charge in [0.2, 0.25) is 0 Å². The first kappa shape index (κ1) is 9.45. The number of ketones is 1. The molecule has 82 valence electrons. The molecule has 3 rings (SSSR count). The van der Waals surface area contributed by atoms with E-state index in [-0.39, 0.29) is 5.78 Å². The van der Waals surface area contributed by atoms with E-state index in [9.17, 15) is 4.79 Å². The van der Waals surface area contributed by atoms with Crippen molar-refractivity contribution in [2.75, 3.05) is 0 Å². The Morgan fingerprint density at radius 3 is 3.00 bits per heavy atom. The lowest BCUT2D eigenvalue weighted by Crippen LogP contribution is -2.20. The second-order valence-corrected chi connectivity index (χ2v) is 4.44. The predicted octanol–water partition coefficient (Wildman–Crippen LogP) is 1.20. The lowest BCUT2D eigenvalue weighted by atomic mass is 9.88. The van der Waals surface area contributed by atoms with Crippen LogP contribution in [-0.4, -0.2) is 25.4 Å². The summed E-state index contributed by atoms with van der Waals surface area (Å²) in [7, 11) is 0. The van der Waals surface area contributed by atoms with Crippen molar-refractivity contribution in [3.05, 3.63) is 23.3 Å². The molecule has 0 amide bonds. The van der Waals surface area contributed by atoms with E-state index >= 15 is 0 Å². The van der Waals surface area contributed by atoms with Crippen LogP contribution in [0.1, 0.15) is 35.2 Å². The molecule has 0 radical (unpaired) electrons. The summed E-state index contributed by atoms with van der Waals surface area (Å²) in [4.78, 5) is 20.5. The summed E-state index contributed by atoms with van der Waals surface area (Å²) in [5.74, 6) is 1.80. The monoisotopic (exact) mass is 216 g/mol. The van der Waals surface area contributed by atoms with Crippen molar-refractivity contribution in [1.82, 2.24) is 19.6 Å². The summed E-state index contributed by atoms with van der Waals surface area (Å²) in [6.07, 6.45) is 3.21. The van der Waals surface area contributed by atoms with Crippen LogP contribution in [0.15, 0.2) is 6.20 Å². The normalized spacial score (nSPS) is 20.1. The fraction of sp³-hybridized carbons (Fsp3) is 0.455. The highest BCUT2D eigenvalue weighted by Gasteiger charge is 2.24. The predicted molar refractivity (Wildman–Crippen MR) is 57.3 cm³/mol. The largest absolute Gasteiger partial charge is 0.294 e. The standard InChI is InChI=1S/C11H12N4O/c1-6-3-9-8(10(16)4-6)5-15-11(13-9)12-7(2)14-15/h5-6H,3-4H2,1-2H3/t6-/m1/s1. The number of aromatic nitrogens is 4. The van der Waals surface area contributed by atoms with Gasteiger partial charge in [0.25, 0.3) is 5.78 Å². The van der Waals surface area contributed by atoms with Crippen molar-refractivity contribution in [2.45, 2.75) is 26.7 Å². The van der Waals surface area contributed by atoms with Crippen LogP contribution in [-0.2, 0) is 6.42 Å². The summed E-state index contributed by atoms with van der Waals surface area (Å²) >= 11 is 0. The highest BCUT2D eigenvalue weighted by molar-refractivity contribution is 5.98. The number of carbonyl (C=O) groups excluding carboxylic acids is 1. The van der Waals surface area contributed by atoms with Crippen molar-refractivity contribution in [2.24, 2.45) is 5.92 Å². The molecule has 0 N–H and O–H groups in total. The second-order valence-electron chi connectivity index (χ2n) is 4.44. The summed E-state index contributed by atoms with van der Waals surface area (Å²) in [5, 5.41) is 4.17. The lowest BCUT2D eigenvalue weighted by molar-refractivity contribution is 0.0951. The molecule has 5 nitrogen and oxygen atoms in total. The van der Waals surface area contributed by atoms with E-state index < -0.39 is 0 Å². The number of nitrogens with zero attached hydrogens (tertiary/aromatic N) is 4. The van der Waals surface area contributed by atoms with Gasteiger partial charge in [-0.1, -0.05) is 6.92 Å². The van der Waals surface area contributed by atoms with Gasteiger partial charge in [-0.15, -0.1) is 0 Å². The molecule has 0 unspecified atom stereocenters. The van der Waals surface area contributed by atoms with Crippen LogP contribution in [0.5, 0.6) is 0 Å². The summed E-state index contributed by atoms with van der Waals surface area (Å²) in [6, 6.07) is 0. The molecule has 0 fully saturated rings. The Bertz CT molecular complexity index is 587. The van der Waals surface area contributed by atoms with Crippen LogP contribution in [0, 0.1) is 12.8 Å². The van der Waals surface area contributed by atoms with E-state index in [1.165, 1.54) is 0 Å². The molecule has 0 bridgehead atoms. The van der Waals surface area contributed by atoms with E-state index in [2.05, 4.69) is 22.0 Å². The number of hydrogen-bond donors (Lipinski definition) is 0. The first-order valence-electron chi connectivity index (χ1n) is 5.39. The maximum absolute atomic E-state index is 11.8. The Balaban J connectivity index is 2.25. The van der Waals surface area contributed by atoms with Crippen molar-refractivity contribution < 1.29 is 4.79 Å². The van der Waals surface area contributed by atoms with Crippen LogP contribution >= 0.6 is 0 Å². The third kappa shape index (κ3) is 1.31. The number of hydrogen-bond acceptors (Lipinski definition) is 4. The second kappa shape index (κ2) is 3.10. The molecule has 16 heavy (non-hydrogen) atoms. The van der Waals surface area contributed by atoms with Crippen LogP contribution in [0.4, 0.5) is 0 Å². The van der Waals surface area contributed by atoms with Gasteiger partial charge in [-0.25, -0.2) is 9.50 Å². The number of carbonyl (C=O) groups is 1. The van der Waals surface area contributed by atoms with Crippen LogP contribution < -0.4 is 0 Å². The minimum atomic E-state index is 0.163. The van der Waals surface area contributed by atoms with Crippen molar-refractivity contribution in [1.29, 1.82) is 0 Å². The molecule has 1 aliphatic rings. The van der Waals surface area contributed by atoms with Gasteiger partial charge >= 0.3 is 0 Å². The molecule has 0 spiro atoms. The van der Waals surface area contributed by atoms with Crippen LogP contribution in [0.2, 0.25) is 0 Å². The molecule has 2 aromatic heterocycles. The summed E-state index contributed by atoms with van der Waals surface area (Å²) in [5.41, 5.74) is 1.57. The molecule has 0 aliphatic heterocycles. The maximum atomic E-state index is 11.8. The zero-order valence-corrected chi connectivity index (χ0v) is 9.27. The Morgan fingerprint density at radius 1 is 1.38 bits per heavy atom. The van der Waals surface area contributed by atoms with Crippen molar-refractivity contribution in [3.8, 4) is 0 Å². The highest BCUT2D eigenvalue weighted by atomic mass is 16.1. The van der Waals surface area contributed by atoms with E-state index in [1.807, 2.05) is 6.92 Å². The summed E-state index contributed by atoms with van der Waals surface area (Å²) in [6.45, 7) is 3.89. The van der Waals surface area contributed by atoms with Gasteiger partial charge in [0.1, 0.15) is 5.82 Å². The molecule has 0 saturated carbocycles. The van der Waals surface area contributed by atoms with E-state index in [4.69, 9.17) is 0 Å². The Morgan fingerprint density at radius 2 is 2.19 bits per heavy atom. The fourth-order valence-corrected chi connectivity index (χ4v) is 2.18. The zero-order valence-electron chi connectivity index (χ0n) is 9.27. The zero-order chi connectivity index (χ0) is 11.3. The molecule has 2 aromatic rings. The number of rotatable bonds is 0. The molecule has 5 heteroatoms. The van der Waals surface area contributed by atoms with Gasteiger partial charge in [-0.3, -0.25) is 4.79 Å². The molecule has 0 saturated heterocycles. The van der Waals surface area contributed by atoms with Gasteiger partial charge in [-0.05, 0) is 19.3 Å². The van der Waals surface area contributed by atoms with E-state index in [0.29, 0.717) is 29.5 Å². The van der Waals surface area contributed by atoms with Crippen molar-refractivity contribution >= 4 is 11.6 Å². The first-order chi connectivity index (χ1) is 7.63. The Hall–Kier alpha value is -1.78. The number of aryl methyl sites for hydroxylation is 1. The minimum Gasteiger partial charge on any atom is -0.294 e. The molecule has 1 aliphatic carbocycles. The molecule has 2 heterocycles. The third-order valence-electron chi connectivity index (χ3n) is 2.89. The average Bonchev–Trinajstić information content (AvgIpc) is 2.54. The molecule has 0 aromatic carbocycles. The van der Waals surface area contributed by atoms with Crippen molar-refractivity contribution in [3.63, 3.8) is 0 Å². The minimum absolute atomic E-state index is 0.163. The van der Waals surface area contributed by atoms with Gasteiger partial charge < -0.3 is 0 Å². The number of fused-ring (bicyclic) bond motifs is 2. The van der Waals surface area contributed by atoms with E-state index in [1.54, 1.807) is 10.7 Å². The Labute approximate surface area is 92.5 Å². The smallest absolute Gasteiger partial charge is 0.252 e. The van der Waals surface area contributed by atoms with E-state index in [0.717, 1.165) is 12.1 Å². The highest BCUT2D eigenvalue weighted by Crippen LogP contribution is 2.23. The first-order valence-corrected chi connectivity index (χ1v) is 5.39. The SMILES string of the molecule is Cc1nc2nc3c(cn2n1)C(=O)C[C@H](C)C3. The average molecular weight is 216 g/mol. The van der Waals surface area contributed by atoms with Gasteiger partial charge in [0, 0.05) is 12.6 Å². The third-order valence-corrected chi connectivity index (χ3v) is 2.89. The quantitative estimate of drug-likeness (QED) is 0.663. The molecular formula is C11H12N4O. The maximum Gasteiger partial charge on any atom is 0.252 e. The van der Waals surface area contributed by atoms with Gasteiger partial charge in [0.15, 0.2) is 5.78 Å².